The second kappa shape index (κ2) is 5.64. The van der Waals surface area contributed by atoms with Crippen LogP contribution in [0.2, 0.25) is 0 Å². The number of benzene rings is 1. The van der Waals surface area contributed by atoms with Gasteiger partial charge in [-0.2, -0.15) is 0 Å². The monoisotopic (exact) mass is 260 g/mol. The number of hydrogen-bond donors (Lipinski definition) is 1. The maximum atomic E-state index is 11.5. The van der Waals surface area contributed by atoms with Crippen LogP contribution in [0.15, 0.2) is 18.2 Å². The van der Waals surface area contributed by atoms with Crippen LogP contribution in [0.3, 0.4) is 0 Å². The highest BCUT2D eigenvalue weighted by Crippen LogP contribution is 2.30. The van der Waals surface area contributed by atoms with Crippen LogP contribution in [-0.2, 0) is 11.2 Å². The topological polar surface area (TPSA) is 32.3 Å². The van der Waals surface area contributed by atoms with Crippen molar-refractivity contribution in [3.05, 3.63) is 23.8 Å². The van der Waals surface area contributed by atoms with Gasteiger partial charge in [-0.15, -0.1) is 0 Å². The number of carbonyl (C=O) groups excluding carboxylic acids is 1. The zero-order valence-corrected chi connectivity index (χ0v) is 12.4. The second-order valence-electron chi connectivity index (χ2n) is 5.94. The Kier molecular flexibility index (Phi) is 4.13. The van der Waals surface area contributed by atoms with Crippen LogP contribution in [-0.4, -0.2) is 18.5 Å². The molecule has 19 heavy (non-hydrogen) atoms. The first kappa shape index (κ1) is 13.9. The summed E-state index contributed by atoms with van der Waals surface area (Å²) in [6.45, 7) is 9.15. The predicted molar refractivity (Wildman–Crippen MR) is 80.7 cm³/mol. The van der Waals surface area contributed by atoms with E-state index in [9.17, 15) is 4.79 Å². The molecule has 0 bridgehead atoms. The molecule has 3 nitrogen and oxygen atoms in total. The normalized spacial score (nSPS) is 15.5. The SMILES string of the molecule is CC(=O)N1CCc2cc(NC(C)CC(C)C)ccc21. The smallest absolute Gasteiger partial charge is 0.223 e. The van der Waals surface area contributed by atoms with Crippen LogP contribution in [0.4, 0.5) is 11.4 Å². The molecule has 0 saturated heterocycles. The zero-order valence-electron chi connectivity index (χ0n) is 12.4. The molecule has 0 aromatic heterocycles. The molecule has 1 unspecified atom stereocenters. The number of amides is 1. The van der Waals surface area contributed by atoms with E-state index in [1.807, 2.05) is 4.90 Å². The van der Waals surface area contributed by atoms with Crippen molar-refractivity contribution in [1.29, 1.82) is 0 Å². The van der Waals surface area contributed by atoms with Gasteiger partial charge in [-0.05, 0) is 49.4 Å². The molecular weight excluding hydrogens is 236 g/mol. The number of hydrogen-bond acceptors (Lipinski definition) is 2. The average Bonchev–Trinajstić information content (AvgIpc) is 2.70. The zero-order chi connectivity index (χ0) is 14.0. The van der Waals surface area contributed by atoms with Gasteiger partial charge < -0.3 is 10.2 Å². The fraction of sp³-hybridized carbons (Fsp3) is 0.562. The van der Waals surface area contributed by atoms with Gasteiger partial charge in [0.05, 0.1) is 0 Å². The minimum Gasteiger partial charge on any atom is -0.383 e. The molecule has 1 aliphatic heterocycles. The van der Waals surface area contributed by atoms with Crippen molar-refractivity contribution in [2.24, 2.45) is 5.92 Å². The Morgan fingerprint density at radius 3 is 2.74 bits per heavy atom. The average molecular weight is 260 g/mol. The van der Waals surface area contributed by atoms with Crippen LogP contribution >= 0.6 is 0 Å². The van der Waals surface area contributed by atoms with E-state index in [1.54, 1.807) is 6.92 Å². The van der Waals surface area contributed by atoms with E-state index < -0.39 is 0 Å². The van der Waals surface area contributed by atoms with Crippen molar-refractivity contribution in [2.75, 3.05) is 16.8 Å². The number of fused-ring (bicyclic) bond motifs is 1. The van der Waals surface area contributed by atoms with E-state index in [0.717, 1.165) is 30.8 Å². The number of carbonyl (C=O) groups is 1. The van der Waals surface area contributed by atoms with E-state index in [0.29, 0.717) is 12.0 Å². The van der Waals surface area contributed by atoms with E-state index in [4.69, 9.17) is 0 Å². The van der Waals surface area contributed by atoms with Gasteiger partial charge in [0.15, 0.2) is 0 Å². The first-order chi connectivity index (χ1) is 8.97. The molecule has 1 aromatic carbocycles. The molecule has 0 saturated carbocycles. The van der Waals surface area contributed by atoms with Gasteiger partial charge in [0.2, 0.25) is 5.91 Å². The Balaban J connectivity index is 2.08. The molecule has 2 rings (SSSR count). The summed E-state index contributed by atoms with van der Waals surface area (Å²) in [5.41, 5.74) is 3.52. The van der Waals surface area contributed by atoms with Gasteiger partial charge >= 0.3 is 0 Å². The highest BCUT2D eigenvalue weighted by Gasteiger charge is 2.22. The molecular formula is C16H24N2O. The van der Waals surface area contributed by atoms with Crippen LogP contribution < -0.4 is 10.2 Å². The van der Waals surface area contributed by atoms with Gasteiger partial charge in [-0.3, -0.25) is 4.79 Å². The van der Waals surface area contributed by atoms with E-state index in [-0.39, 0.29) is 5.91 Å². The van der Waals surface area contributed by atoms with Crippen molar-refractivity contribution >= 4 is 17.3 Å². The lowest BCUT2D eigenvalue weighted by molar-refractivity contribution is -0.116. The predicted octanol–water partition coefficient (Wildman–Crippen LogP) is 3.44. The summed E-state index contributed by atoms with van der Waals surface area (Å²) in [6.07, 6.45) is 2.12. The van der Waals surface area contributed by atoms with Crippen molar-refractivity contribution in [3.8, 4) is 0 Å². The Bertz CT molecular complexity index is 468. The Morgan fingerprint density at radius 2 is 2.11 bits per heavy atom. The summed E-state index contributed by atoms with van der Waals surface area (Å²) in [5.74, 6) is 0.831. The molecule has 1 N–H and O–H groups in total. The van der Waals surface area contributed by atoms with Crippen molar-refractivity contribution in [3.63, 3.8) is 0 Å². The summed E-state index contributed by atoms with van der Waals surface area (Å²) < 4.78 is 0. The summed E-state index contributed by atoms with van der Waals surface area (Å²) >= 11 is 0. The Labute approximate surface area is 116 Å². The van der Waals surface area contributed by atoms with Gasteiger partial charge in [-0.25, -0.2) is 0 Å². The molecule has 104 valence electrons. The van der Waals surface area contributed by atoms with Crippen molar-refractivity contribution < 1.29 is 4.79 Å². The van der Waals surface area contributed by atoms with Gasteiger partial charge in [0.25, 0.3) is 0 Å². The molecule has 1 aromatic rings. The number of rotatable bonds is 4. The quantitative estimate of drug-likeness (QED) is 0.899. The van der Waals surface area contributed by atoms with Crippen LogP contribution in [0.5, 0.6) is 0 Å². The lowest BCUT2D eigenvalue weighted by atomic mass is 10.0. The van der Waals surface area contributed by atoms with Crippen LogP contribution in [0.25, 0.3) is 0 Å². The highest BCUT2D eigenvalue weighted by molar-refractivity contribution is 5.94. The third kappa shape index (κ3) is 3.28. The molecule has 1 atom stereocenters. The van der Waals surface area contributed by atoms with E-state index >= 15 is 0 Å². The Hall–Kier alpha value is -1.51. The number of nitrogens with zero attached hydrogens (tertiary/aromatic N) is 1. The summed E-state index contributed by atoms with van der Waals surface area (Å²) in [4.78, 5) is 13.4. The third-order valence-corrected chi connectivity index (χ3v) is 3.59. The minimum atomic E-state index is 0.132. The fourth-order valence-electron chi connectivity index (χ4n) is 2.87. The van der Waals surface area contributed by atoms with Crippen LogP contribution in [0.1, 0.15) is 39.7 Å². The van der Waals surface area contributed by atoms with Gasteiger partial charge in [-0.1, -0.05) is 13.8 Å². The lowest BCUT2D eigenvalue weighted by Gasteiger charge is -2.19. The Morgan fingerprint density at radius 1 is 1.37 bits per heavy atom. The highest BCUT2D eigenvalue weighted by atomic mass is 16.2. The first-order valence-corrected chi connectivity index (χ1v) is 7.15. The molecule has 1 heterocycles. The molecule has 0 spiro atoms. The standard InChI is InChI=1S/C16H24N2O/c1-11(2)9-12(3)17-15-5-6-16-14(10-15)7-8-18(16)13(4)19/h5-6,10-12,17H,7-9H2,1-4H3. The largest absolute Gasteiger partial charge is 0.383 e. The summed E-state index contributed by atoms with van der Waals surface area (Å²) in [6, 6.07) is 6.81. The number of anilines is 2. The molecule has 0 aliphatic carbocycles. The first-order valence-electron chi connectivity index (χ1n) is 7.15. The van der Waals surface area contributed by atoms with Crippen molar-refractivity contribution in [2.45, 2.75) is 46.6 Å². The summed E-state index contributed by atoms with van der Waals surface area (Å²) in [5, 5.41) is 3.54. The maximum Gasteiger partial charge on any atom is 0.223 e. The van der Waals surface area contributed by atoms with Gasteiger partial charge in [0, 0.05) is 30.9 Å². The van der Waals surface area contributed by atoms with Gasteiger partial charge in [0.1, 0.15) is 0 Å². The second-order valence-corrected chi connectivity index (χ2v) is 5.94. The molecule has 1 amide bonds. The molecule has 3 heteroatoms. The minimum absolute atomic E-state index is 0.132. The maximum absolute atomic E-state index is 11.5. The lowest BCUT2D eigenvalue weighted by Crippen LogP contribution is -2.25. The van der Waals surface area contributed by atoms with Crippen LogP contribution in [0, 0.1) is 5.92 Å². The third-order valence-electron chi connectivity index (χ3n) is 3.59. The molecule has 1 aliphatic rings. The van der Waals surface area contributed by atoms with E-state index in [1.165, 1.54) is 5.56 Å². The van der Waals surface area contributed by atoms with E-state index in [2.05, 4.69) is 44.3 Å². The fourth-order valence-corrected chi connectivity index (χ4v) is 2.87. The van der Waals surface area contributed by atoms with Crippen molar-refractivity contribution in [1.82, 2.24) is 0 Å². The summed E-state index contributed by atoms with van der Waals surface area (Å²) in [7, 11) is 0. The number of nitrogens with one attached hydrogen (secondary N) is 1. The molecule has 0 radical (unpaired) electrons. The molecule has 0 fully saturated rings.